The highest BCUT2D eigenvalue weighted by Crippen LogP contribution is 2.32. The van der Waals surface area contributed by atoms with Crippen LogP contribution in [0.3, 0.4) is 0 Å². The van der Waals surface area contributed by atoms with E-state index in [4.69, 9.17) is 0 Å². The van der Waals surface area contributed by atoms with Gasteiger partial charge in [0.25, 0.3) is 0 Å². The highest BCUT2D eigenvalue weighted by atomic mass is 16.4. The normalized spacial score (nSPS) is 12.1. The van der Waals surface area contributed by atoms with E-state index in [1.165, 1.54) is 6.33 Å². The van der Waals surface area contributed by atoms with Gasteiger partial charge in [-0.2, -0.15) is 5.10 Å². The maximum absolute atomic E-state index is 11.5. The molecule has 0 aromatic carbocycles. The lowest BCUT2D eigenvalue weighted by Crippen LogP contribution is -2.10. The summed E-state index contributed by atoms with van der Waals surface area (Å²) in [4.78, 5) is 23.9. The van der Waals surface area contributed by atoms with E-state index in [1.807, 2.05) is 18.2 Å². The first-order valence-electron chi connectivity index (χ1n) is 7.08. The minimum atomic E-state index is -0.908. The molecule has 0 fully saturated rings. The van der Waals surface area contributed by atoms with Gasteiger partial charge in [0.1, 0.15) is 12.0 Å². The molecule has 0 radical (unpaired) electrons. The van der Waals surface area contributed by atoms with Crippen molar-refractivity contribution in [1.82, 2.24) is 24.7 Å². The Labute approximate surface area is 132 Å². The van der Waals surface area contributed by atoms with Crippen LogP contribution in [0, 0.1) is 6.92 Å². The number of aliphatic carboxylic acids is 1. The summed E-state index contributed by atoms with van der Waals surface area (Å²) in [6.45, 7) is 3.44. The lowest BCUT2D eigenvalue weighted by atomic mass is 9.97. The second-order valence-electron chi connectivity index (χ2n) is 5.13. The van der Waals surface area contributed by atoms with Gasteiger partial charge in [0.15, 0.2) is 0 Å². The number of aromatic nitrogens is 5. The van der Waals surface area contributed by atoms with Gasteiger partial charge in [0.05, 0.1) is 35.4 Å². The maximum Gasteiger partial charge on any atom is 0.310 e. The quantitative estimate of drug-likeness (QED) is 0.794. The highest BCUT2D eigenvalue weighted by molar-refractivity contribution is 5.80. The van der Waals surface area contributed by atoms with Crippen LogP contribution in [-0.4, -0.2) is 35.8 Å². The molecule has 1 atom stereocenters. The molecule has 0 aliphatic carbocycles. The molecule has 1 N–H and O–H groups in total. The zero-order valence-electron chi connectivity index (χ0n) is 12.7. The summed E-state index contributed by atoms with van der Waals surface area (Å²) in [6.07, 6.45) is 6.35. The van der Waals surface area contributed by atoms with Gasteiger partial charge in [-0.3, -0.25) is 9.78 Å². The van der Waals surface area contributed by atoms with E-state index in [2.05, 4.69) is 20.1 Å². The van der Waals surface area contributed by atoms with Crippen LogP contribution >= 0.6 is 0 Å². The predicted octanol–water partition coefficient (Wildman–Crippen LogP) is 2.22. The first-order valence-corrected chi connectivity index (χ1v) is 7.08. The van der Waals surface area contributed by atoms with Crippen molar-refractivity contribution in [2.45, 2.75) is 19.8 Å². The average molecular weight is 309 g/mol. The minimum Gasteiger partial charge on any atom is -0.481 e. The molecule has 23 heavy (non-hydrogen) atoms. The number of hydrogen-bond donors (Lipinski definition) is 1. The van der Waals surface area contributed by atoms with Crippen molar-refractivity contribution in [3.63, 3.8) is 0 Å². The molecule has 0 saturated heterocycles. The number of aryl methyl sites for hydroxylation is 1. The Morgan fingerprint density at radius 3 is 2.61 bits per heavy atom. The monoisotopic (exact) mass is 309 g/mol. The van der Waals surface area contributed by atoms with Crippen molar-refractivity contribution in [3.05, 3.63) is 54.4 Å². The molecule has 3 aromatic rings. The van der Waals surface area contributed by atoms with Crippen molar-refractivity contribution < 1.29 is 9.90 Å². The lowest BCUT2D eigenvalue weighted by molar-refractivity contribution is -0.138. The number of nitrogens with zero attached hydrogens (tertiary/aromatic N) is 5. The predicted molar refractivity (Wildman–Crippen MR) is 83.2 cm³/mol. The molecule has 3 aromatic heterocycles. The van der Waals surface area contributed by atoms with Crippen LogP contribution in [0.5, 0.6) is 0 Å². The van der Waals surface area contributed by atoms with Crippen LogP contribution in [0.25, 0.3) is 17.1 Å². The molecule has 0 spiro atoms. The van der Waals surface area contributed by atoms with Gasteiger partial charge < -0.3 is 5.11 Å². The van der Waals surface area contributed by atoms with Crippen LogP contribution in [0.4, 0.5) is 0 Å². The largest absolute Gasteiger partial charge is 0.481 e. The molecule has 3 rings (SSSR count). The summed E-state index contributed by atoms with van der Waals surface area (Å²) in [5, 5.41) is 13.9. The first kappa shape index (κ1) is 14.8. The van der Waals surface area contributed by atoms with Gasteiger partial charge in [-0.05, 0) is 26.0 Å². The van der Waals surface area contributed by atoms with Crippen molar-refractivity contribution in [1.29, 1.82) is 0 Å². The number of carboxylic acids is 1. The summed E-state index contributed by atoms with van der Waals surface area (Å²) < 4.78 is 1.65. The summed E-state index contributed by atoms with van der Waals surface area (Å²) in [5.41, 5.74) is 3.23. The Kier molecular flexibility index (Phi) is 3.84. The molecule has 0 amide bonds. The molecule has 3 heterocycles. The fourth-order valence-corrected chi connectivity index (χ4v) is 2.52. The molecule has 0 aliphatic rings. The van der Waals surface area contributed by atoms with Gasteiger partial charge in [0, 0.05) is 11.8 Å². The molecule has 0 aliphatic heterocycles. The van der Waals surface area contributed by atoms with E-state index in [0.717, 1.165) is 0 Å². The fraction of sp³-hybridized carbons (Fsp3) is 0.188. The molecule has 0 saturated carbocycles. The van der Waals surface area contributed by atoms with E-state index in [0.29, 0.717) is 28.3 Å². The molecule has 1 unspecified atom stereocenters. The maximum atomic E-state index is 11.5. The molecule has 0 bridgehead atoms. The van der Waals surface area contributed by atoms with Gasteiger partial charge in [-0.25, -0.2) is 14.6 Å². The Balaban J connectivity index is 2.30. The fourth-order valence-electron chi connectivity index (χ4n) is 2.52. The molecular formula is C16H15N5O2. The third-order valence-electron chi connectivity index (χ3n) is 3.61. The number of carboxylic acid groups (broad SMARTS) is 1. The smallest absolute Gasteiger partial charge is 0.310 e. The standard InChI is InChI=1S/C16H15N5O2/c1-10(16(22)23)14-11(2)20-21(12-7-17-9-18-8-12)15(14)13-5-3-4-6-19-13/h3-10H,1-2H3,(H,22,23). The van der Waals surface area contributed by atoms with Crippen LogP contribution in [0.1, 0.15) is 24.1 Å². The first-order chi connectivity index (χ1) is 11.1. The molecular weight excluding hydrogens is 294 g/mol. The summed E-state index contributed by atoms with van der Waals surface area (Å²) in [6, 6.07) is 5.49. The zero-order valence-corrected chi connectivity index (χ0v) is 12.7. The van der Waals surface area contributed by atoms with Crippen molar-refractivity contribution >= 4 is 5.97 Å². The van der Waals surface area contributed by atoms with Gasteiger partial charge in [-0.1, -0.05) is 6.07 Å². The van der Waals surface area contributed by atoms with Gasteiger partial charge in [0.2, 0.25) is 0 Å². The molecule has 7 nitrogen and oxygen atoms in total. The molecule has 116 valence electrons. The topological polar surface area (TPSA) is 93.8 Å². The van der Waals surface area contributed by atoms with Crippen LogP contribution < -0.4 is 0 Å². The van der Waals surface area contributed by atoms with E-state index < -0.39 is 11.9 Å². The Hall–Kier alpha value is -3.09. The van der Waals surface area contributed by atoms with E-state index in [-0.39, 0.29) is 0 Å². The third kappa shape index (κ3) is 2.68. The SMILES string of the molecule is Cc1nn(-c2cncnc2)c(-c2ccccn2)c1C(C)C(=O)O. The Morgan fingerprint density at radius 2 is 2.00 bits per heavy atom. The summed E-state index contributed by atoms with van der Waals surface area (Å²) in [5.74, 6) is -1.61. The third-order valence-corrected chi connectivity index (χ3v) is 3.61. The van der Waals surface area contributed by atoms with Crippen LogP contribution in [-0.2, 0) is 4.79 Å². The second-order valence-corrected chi connectivity index (χ2v) is 5.13. The zero-order chi connectivity index (χ0) is 16.4. The minimum absolute atomic E-state index is 0.639. The van der Waals surface area contributed by atoms with E-state index in [1.54, 1.807) is 37.1 Å². The summed E-state index contributed by atoms with van der Waals surface area (Å²) >= 11 is 0. The van der Waals surface area contributed by atoms with Crippen LogP contribution in [0.2, 0.25) is 0 Å². The van der Waals surface area contributed by atoms with E-state index >= 15 is 0 Å². The Morgan fingerprint density at radius 1 is 1.26 bits per heavy atom. The van der Waals surface area contributed by atoms with E-state index in [9.17, 15) is 9.90 Å². The van der Waals surface area contributed by atoms with Gasteiger partial charge >= 0.3 is 5.97 Å². The lowest BCUT2D eigenvalue weighted by Gasteiger charge is -2.11. The van der Waals surface area contributed by atoms with Crippen molar-refractivity contribution in [2.24, 2.45) is 0 Å². The number of pyridine rings is 1. The van der Waals surface area contributed by atoms with Crippen molar-refractivity contribution in [2.75, 3.05) is 0 Å². The van der Waals surface area contributed by atoms with Crippen molar-refractivity contribution in [3.8, 4) is 17.1 Å². The highest BCUT2D eigenvalue weighted by Gasteiger charge is 2.27. The number of rotatable bonds is 4. The summed E-state index contributed by atoms with van der Waals surface area (Å²) in [7, 11) is 0. The molecule has 7 heteroatoms. The Bertz CT molecular complexity index is 830. The van der Waals surface area contributed by atoms with Gasteiger partial charge in [-0.15, -0.1) is 0 Å². The average Bonchev–Trinajstić information content (AvgIpc) is 2.93. The second kappa shape index (κ2) is 5.96. The van der Waals surface area contributed by atoms with Crippen LogP contribution in [0.15, 0.2) is 43.1 Å². The number of hydrogen-bond acceptors (Lipinski definition) is 5. The number of carbonyl (C=O) groups is 1.